The van der Waals surface area contributed by atoms with E-state index in [-0.39, 0.29) is 6.10 Å². The van der Waals surface area contributed by atoms with Crippen LogP contribution in [0.15, 0.2) is 0 Å². The van der Waals surface area contributed by atoms with Crippen molar-refractivity contribution in [1.29, 1.82) is 0 Å². The average Bonchev–Trinajstić information content (AvgIpc) is 1.60. The number of rotatable bonds is 2. The second kappa shape index (κ2) is 2.48. The minimum atomic E-state index is -0.233. The molecule has 1 atom stereocenters. The Morgan fingerprint density at radius 1 is 1.78 bits per heavy atom. The Hall–Kier alpha value is -0.370. The molecule has 9 heavy (non-hydrogen) atoms. The van der Waals surface area contributed by atoms with Gasteiger partial charge >= 0.3 is 0 Å². The topological polar surface area (TPSA) is 37.3 Å². The lowest BCUT2D eigenvalue weighted by molar-refractivity contribution is -0.127. The van der Waals surface area contributed by atoms with Crippen LogP contribution in [0, 0.1) is 5.92 Å². The van der Waals surface area contributed by atoms with Crippen molar-refractivity contribution in [2.45, 2.75) is 32.3 Å². The summed E-state index contributed by atoms with van der Waals surface area (Å²) in [4.78, 5) is 10.4. The molecule has 0 aliphatic heterocycles. The van der Waals surface area contributed by atoms with Crippen LogP contribution in [0.2, 0.25) is 0 Å². The van der Waals surface area contributed by atoms with E-state index >= 15 is 0 Å². The Kier molecular flexibility index (Phi) is 1.86. The molecule has 1 aliphatic rings. The smallest absolute Gasteiger partial charge is 0.133 e. The maximum Gasteiger partial charge on any atom is 0.133 e. The maximum absolute atomic E-state index is 10.4. The standard InChI is InChI=1S/C7H12O2/c1-5(8)2-6-3-7(9)4-6/h5-6,8H,2-4H2,1H3. The van der Waals surface area contributed by atoms with Crippen molar-refractivity contribution in [3.05, 3.63) is 0 Å². The van der Waals surface area contributed by atoms with Gasteiger partial charge in [0.2, 0.25) is 0 Å². The first-order chi connectivity index (χ1) is 4.18. The van der Waals surface area contributed by atoms with Gasteiger partial charge in [-0.25, -0.2) is 0 Å². The molecule has 1 rings (SSSR count). The van der Waals surface area contributed by atoms with Crippen molar-refractivity contribution in [2.75, 3.05) is 0 Å². The Bertz CT molecular complexity index is 110. The van der Waals surface area contributed by atoms with Gasteiger partial charge in [0.05, 0.1) is 6.10 Å². The van der Waals surface area contributed by atoms with Crippen LogP contribution >= 0.6 is 0 Å². The van der Waals surface area contributed by atoms with Gasteiger partial charge in [-0.05, 0) is 19.3 Å². The summed E-state index contributed by atoms with van der Waals surface area (Å²) in [5.41, 5.74) is 0. The van der Waals surface area contributed by atoms with Crippen LogP contribution in [-0.4, -0.2) is 17.0 Å². The molecule has 0 heterocycles. The first kappa shape index (κ1) is 6.75. The highest BCUT2D eigenvalue weighted by atomic mass is 16.3. The Balaban J connectivity index is 2.11. The monoisotopic (exact) mass is 128 g/mol. The van der Waals surface area contributed by atoms with Crippen molar-refractivity contribution in [1.82, 2.24) is 0 Å². The van der Waals surface area contributed by atoms with Crippen molar-refractivity contribution in [3.63, 3.8) is 0 Å². The van der Waals surface area contributed by atoms with Gasteiger partial charge in [-0.3, -0.25) is 4.79 Å². The summed E-state index contributed by atoms with van der Waals surface area (Å²) < 4.78 is 0. The molecule has 1 N–H and O–H groups in total. The fraction of sp³-hybridized carbons (Fsp3) is 0.857. The highest BCUT2D eigenvalue weighted by Gasteiger charge is 2.26. The Morgan fingerprint density at radius 2 is 2.33 bits per heavy atom. The van der Waals surface area contributed by atoms with Gasteiger partial charge < -0.3 is 5.11 Å². The molecular weight excluding hydrogens is 116 g/mol. The lowest BCUT2D eigenvalue weighted by atomic mass is 9.80. The lowest BCUT2D eigenvalue weighted by Gasteiger charge is -2.24. The Labute approximate surface area is 54.9 Å². The van der Waals surface area contributed by atoms with E-state index in [0.717, 1.165) is 6.42 Å². The van der Waals surface area contributed by atoms with Gasteiger partial charge in [-0.2, -0.15) is 0 Å². The number of aliphatic hydroxyl groups excluding tert-OH is 1. The zero-order valence-corrected chi connectivity index (χ0v) is 5.63. The summed E-state index contributed by atoms with van der Waals surface area (Å²) in [6, 6.07) is 0. The summed E-state index contributed by atoms with van der Waals surface area (Å²) >= 11 is 0. The third-order valence-electron chi connectivity index (χ3n) is 1.71. The molecule has 0 bridgehead atoms. The van der Waals surface area contributed by atoms with Crippen LogP contribution in [-0.2, 0) is 4.79 Å². The van der Waals surface area contributed by atoms with E-state index in [0.29, 0.717) is 24.5 Å². The van der Waals surface area contributed by atoms with Crippen molar-refractivity contribution < 1.29 is 9.90 Å². The number of Topliss-reactive ketones (excluding diaryl/α,β-unsaturated/α-hetero) is 1. The van der Waals surface area contributed by atoms with Crippen molar-refractivity contribution in [2.24, 2.45) is 5.92 Å². The maximum atomic E-state index is 10.4. The Morgan fingerprint density at radius 3 is 2.67 bits per heavy atom. The van der Waals surface area contributed by atoms with E-state index in [4.69, 9.17) is 5.11 Å². The van der Waals surface area contributed by atoms with Gasteiger partial charge in [-0.15, -0.1) is 0 Å². The van der Waals surface area contributed by atoms with E-state index in [1.54, 1.807) is 6.92 Å². The van der Waals surface area contributed by atoms with Crippen molar-refractivity contribution in [3.8, 4) is 0 Å². The van der Waals surface area contributed by atoms with Crippen molar-refractivity contribution >= 4 is 5.78 Å². The number of aliphatic hydroxyl groups is 1. The third-order valence-corrected chi connectivity index (χ3v) is 1.71. The number of hydrogen-bond donors (Lipinski definition) is 1. The third kappa shape index (κ3) is 1.79. The quantitative estimate of drug-likeness (QED) is 0.595. The van der Waals surface area contributed by atoms with Gasteiger partial charge in [0.25, 0.3) is 0 Å². The molecule has 0 saturated heterocycles. The molecule has 2 heteroatoms. The van der Waals surface area contributed by atoms with Gasteiger partial charge in [0, 0.05) is 12.8 Å². The van der Waals surface area contributed by atoms with Crippen LogP contribution in [0.4, 0.5) is 0 Å². The van der Waals surface area contributed by atoms with Crippen LogP contribution in [0.3, 0.4) is 0 Å². The number of ketones is 1. The van der Waals surface area contributed by atoms with Crippen LogP contribution < -0.4 is 0 Å². The number of hydrogen-bond acceptors (Lipinski definition) is 2. The molecule has 1 saturated carbocycles. The molecule has 0 aromatic carbocycles. The van der Waals surface area contributed by atoms with E-state index in [1.807, 2.05) is 0 Å². The SMILES string of the molecule is CC(O)CC1CC(=O)C1. The van der Waals surface area contributed by atoms with E-state index in [9.17, 15) is 4.79 Å². The van der Waals surface area contributed by atoms with Gasteiger partial charge in [0.15, 0.2) is 0 Å². The molecule has 1 fully saturated rings. The summed E-state index contributed by atoms with van der Waals surface area (Å²) in [6.45, 7) is 1.77. The zero-order chi connectivity index (χ0) is 6.85. The molecule has 0 spiro atoms. The number of carbonyl (C=O) groups excluding carboxylic acids is 1. The average molecular weight is 128 g/mol. The summed E-state index contributed by atoms with van der Waals surface area (Å²) in [6.07, 6.45) is 1.96. The molecule has 1 unspecified atom stereocenters. The highest BCUT2D eigenvalue weighted by Crippen LogP contribution is 2.26. The molecule has 2 nitrogen and oxygen atoms in total. The van der Waals surface area contributed by atoms with Crippen LogP contribution in [0.25, 0.3) is 0 Å². The normalized spacial score (nSPS) is 23.6. The molecule has 0 radical (unpaired) electrons. The lowest BCUT2D eigenvalue weighted by Crippen LogP contribution is -2.26. The molecule has 52 valence electrons. The summed E-state index contributed by atoms with van der Waals surface area (Å²) in [7, 11) is 0. The minimum Gasteiger partial charge on any atom is -0.393 e. The second-order valence-electron chi connectivity index (χ2n) is 2.90. The predicted molar refractivity (Wildman–Crippen MR) is 34.0 cm³/mol. The fourth-order valence-electron chi connectivity index (χ4n) is 1.23. The predicted octanol–water partition coefficient (Wildman–Crippen LogP) is 0.736. The summed E-state index contributed by atoms with van der Waals surface area (Å²) in [5.74, 6) is 0.832. The van der Waals surface area contributed by atoms with Crippen LogP contribution in [0.1, 0.15) is 26.2 Å². The highest BCUT2D eigenvalue weighted by molar-refractivity contribution is 5.84. The first-order valence-electron chi connectivity index (χ1n) is 3.38. The zero-order valence-electron chi connectivity index (χ0n) is 5.63. The minimum absolute atomic E-state index is 0.233. The molecule has 1 aliphatic carbocycles. The van der Waals surface area contributed by atoms with E-state index in [1.165, 1.54) is 0 Å². The molecule has 0 aromatic heterocycles. The first-order valence-corrected chi connectivity index (χ1v) is 3.38. The van der Waals surface area contributed by atoms with Gasteiger partial charge in [-0.1, -0.05) is 0 Å². The molecule has 0 aromatic rings. The van der Waals surface area contributed by atoms with E-state index < -0.39 is 0 Å². The summed E-state index contributed by atoms with van der Waals surface area (Å²) in [5, 5.41) is 8.86. The second-order valence-corrected chi connectivity index (χ2v) is 2.90. The van der Waals surface area contributed by atoms with Crippen LogP contribution in [0.5, 0.6) is 0 Å². The molecule has 0 amide bonds. The van der Waals surface area contributed by atoms with E-state index in [2.05, 4.69) is 0 Å². The largest absolute Gasteiger partial charge is 0.393 e. The fourth-order valence-corrected chi connectivity index (χ4v) is 1.23. The number of carbonyl (C=O) groups is 1. The molecular formula is C7H12O2. The van der Waals surface area contributed by atoms with Gasteiger partial charge in [0.1, 0.15) is 5.78 Å².